The Kier molecular flexibility index (Phi) is 6.43. The van der Waals surface area contributed by atoms with Gasteiger partial charge in [-0.1, -0.05) is 35.6 Å². The maximum atomic E-state index is 12.7. The van der Waals surface area contributed by atoms with Crippen LogP contribution in [0.3, 0.4) is 0 Å². The molecule has 11 heteroatoms. The molecule has 2 N–H and O–H groups in total. The molecule has 0 saturated carbocycles. The van der Waals surface area contributed by atoms with E-state index in [1.807, 2.05) is 0 Å². The first kappa shape index (κ1) is 21.4. The maximum Gasteiger partial charge on any atom is 0.338 e. The Morgan fingerprint density at radius 1 is 1.07 bits per heavy atom. The lowest BCUT2D eigenvalue weighted by atomic mass is 10.1. The number of nitrogens with one attached hydrogen (secondary N) is 2. The maximum absolute atomic E-state index is 12.7. The van der Waals surface area contributed by atoms with Crippen molar-refractivity contribution < 1.29 is 22.7 Å². The number of anilines is 2. The van der Waals surface area contributed by atoms with Gasteiger partial charge in [-0.2, -0.15) is 8.42 Å². The molecule has 0 aliphatic rings. The Morgan fingerprint density at radius 3 is 2.50 bits per heavy atom. The zero-order valence-corrected chi connectivity index (χ0v) is 17.7. The third-order valence-corrected chi connectivity index (χ3v) is 6.46. The number of hydrogen-bond donors (Lipinski definition) is 2. The standard InChI is InChI=1S/C19H18N4O5S2/c1-3-28-17(25)14-10-9-12(2)15(11-14)23-30(26,27)19-22-21-18(29-19)20-16(24)13-7-5-4-6-8-13/h4-11,23H,3H2,1-2H3,(H,20,21,24). The smallest absolute Gasteiger partial charge is 0.338 e. The number of aromatic nitrogens is 2. The largest absolute Gasteiger partial charge is 0.462 e. The molecular formula is C19H18N4O5S2. The molecule has 0 radical (unpaired) electrons. The molecule has 3 rings (SSSR count). The van der Waals surface area contributed by atoms with E-state index >= 15 is 0 Å². The highest BCUT2D eigenvalue weighted by molar-refractivity contribution is 7.94. The third-order valence-electron chi connectivity index (χ3n) is 3.89. The van der Waals surface area contributed by atoms with Crippen LogP contribution in [0.15, 0.2) is 52.9 Å². The molecule has 0 spiro atoms. The van der Waals surface area contributed by atoms with E-state index in [0.717, 1.165) is 0 Å². The van der Waals surface area contributed by atoms with Crippen molar-refractivity contribution in [2.45, 2.75) is 18.2 Å². The van der Waals surface area contributed by atoms with Crippen LogP contribution in [0.5, 0.6) is 0 Å². The molecule has 1 heterocycles. The molecule has 0 atom stereocenters. The first-order valence-electron chi connectivity index (χ1n) is 8.80. The predicted octanol–water partition coefficient (Wildman–Crippen LogP) is 3.08. The summed E-state index contributed by atoms with van der Waals surface area (Å²) in [6, 6.07) is 13.0. The van der Waals surface area contributed by atoms with Crippen LogP contribution in [0.2, 0.25) is 0 Å². The Hall–Kier alpha value is -3.31. The fourth-order valence-corrected chi connectivity index (χ4v) is 4.41. The van der Waals surface area contributed by atoms with Crippen LogP contribution < -0.4 is 10.0 Å². The fourth-order valence-electron chi connectivity index (χ4n) is 2.39. The van der Waals surface area contributed by atoms with E-state index in [1.54, 1.807) is 56.3 Å². The van der Waals surface area contributed by atoms with Crippen LogP contribution in [0.1, 0.15) is 33.2 Å². The average Bonchev–Trinajstić information content (AvgIpc) is 3.20. The molecule has 0 bridgehead atoms. The number of esters is 1. The van der Waals surface area contributed by atoms with Crippen molar-refractivity contribution in [2.75, 3.05) is 16.6 Å². The summed E-state index contributed by atoms with van der Waals surface area (Å²) in [5.74, 6) is -0.985. The van der Waals surface area contributed by atoms with Gasteiger partial charge in [-0.05, 0) is 43.7 Å². The number of aryl methyl sites for hydroxylation is 1. The number of ether oxygens (including phenoxy) is 1. The first-order chi connectivity index (χ1) is 14.3. The van der Waals surface area contributed by atoms with Gasteiger partial charge in [0.05, 0.1) is 17.9 Å². The van der Waals surface area contributed by atoms with E-state index in [-0.39, 0.29) is 27.3 Å². The lowest BCUT2D eigenvalue weighted by molar-refractivity contribution is 0.0526. The van der Waals surface area contributed by atoms with Crippen molar-refractivity contribution in [3.8, 4) is 0 Å². The van der Waals surface area contributed by atoms with Gasteiger partial charge in [-0.15, -0.1) is 10.2 Å². The van der Waals surface area contributed by atoms with Crippen LogP contribution >= 0.6 is 11.3 Å². The summed E-state index contributed by atoms with van der Waals surface area (Å²) < 4.78 is 32.4. The lowest BCUT2D eigenvalue weighted by Gasteiger charge is -2.10. The Labute approximate surface area is 177 Å². The van der Waals surface area contributed by atoms with Crippen molar-refractivity contribution >= 4 is 44.1 Å². The van der Waals surface area contributed by atoms with E-state index < -0.39 is 21.9 Å². The SMILES string of the molecule is CCOC(=O)c1ccc(C)c(NS(=O)(=O)c2nnc(NC(=O)c3ccccc3)s2)c1. The second-order valence-electron chi connectivity index (χ2n) is 6.05. The van der Waals surface area contributed by atoms with E-state index in [4.69, 9.17) is 4.74 Å². The second kappa shape index (κ2) is 9.01. The molecular weight excluding hydrogens is 428 g/mol. The summed E-state index contributed by atoms with van der Waals surface area (Å²) in [7, 11) is -4.08. The van der Waals surface area contributed by atoms with Crippen molar-refractivity contribution in [1.82, 2.24) is 10.2 Å². The molecule has 0 saturated heterocycles. The second-order valence-corrected chi connectivity index (χ2v) is 8.88. The first-order valence-corrected chi connectivity index (χ1v) is 11.1. The molecule has 1 aromatic heterocycles. The van der Waals surface area contributed by atoms with Crippen molar-refractivity contribution in [1.29, 1.82) is 0 Å². The van der Waals surface area contributed by atoms with Crippen LogP contribution in [0.25, 0.3) is 0 Å². The number of carbonyl (C=O) groups is 2. The zero-order valence-electron chi connectivity index (χ0n) is 16.1. The Balaban J connectivity index is 1.78. The van der Waals surface area contributed by atoms with Gasteiger partial charge in [0.2, 0.25) is 5.13 Å². The normalized spacial score (nSPS) is 11.0. The van der Waals surface area contributed by atoms with Crippen LogP contribution in [-0.2, 0) is 14.8 Å². The Bertz CT molecular complexity index is 1180. The molecule has 9 nitrogen and oxygen atoms in total. The highest BCUT2D eigenvalue weighted by Crippen LogP contribution is 2.25. The minimum absolute atomic E-state index is 0.0428. The monoisotopic (exact) mass is 446 g/mol. The number of sulfonamides is 1. The molecule has 30 heavy (non-hydrogen) atoms. The minimum Gasteiger partial charge on any atom is -0.462 e. The van der Waals surface area contributed by atoms with Gasteiger partial charge in [0.1, 0.15) is 0 Å². The molecule has 0 aliphatic heterocycles. The number of nitrogens with zero attached hydrogens (tertiary/aromatic N) is 2. The third kappa shape index (κ3) is 4.99. The van der Waals surface area contributed by atoms with Crippen molar-refractivity contribution in [2.24, 2.45) is 0 Å². The number of benzene rings is 2. The van der Waals surface area contributed by atoms with Crippen LogP contribution in [0, 0.1) is 6.92 Å². The summed E-state index contributed by atoms with van der Waals surface area (Å²) in [6.45, 7) is 3.58. The quantitative estimate of drug-likeness (QED) is 0.422. The summed E-state index contributed by atoms with van der Waals surface area (Å²) in [6.07, 6.45) is 0. The van der Waals surface area contributed by atoms with Gasteiger partial charge < -0.3 is 4.74 Å². The number of carbonyl (C=O) groups excluding carboxylic acids is 2. The minimum atomic E-state index is -4.08. The van der Waals surface area contributed by atoms with E-state index in [9.17, 15) is 18.0 Å². The molecule has 1 amide bonds. The van der Waals surface area contributed by atoms with E-state index in [2.05, 4.69) is 20.2 Å². The van der Waals surface area contributed by atoms with Crippen molar-refractivity contribution in [3.05, 3.63) is 65.2 Å². The predicted molar refractivity (Wildman–Crippen MR) is 112 cm³/mol. The molecule has 2 aromatic carbocycles. The van der Waals surface area contributed by atoms with Crippen LogP contribution in [-0.4, -0.2) is 37.1 Å². The zero-order chi connectivity index (χ0) is 21.7. The topological polar surface area (TPSA) is 127 Å². The van der Waals surface area contributed by atoms with Crippen molar-refractivity contribution in [3.63, 3.8) is 0 Å². The lowest BCUT2D eigenvalue weighted by Crippen LogP contribution is -2.14. The molecule has 156 valence electrons. The van der Waals surface area contributed by atoms with E-state index in [0.29, 0.717) is 22.5 Å². The molecule has 3 aromatic rings. The molecule has 0 aliphatic carbocycles. The molecule has 0 fully saturated rings. The molecule has 0 unspecified atom stereocenters. The number of rotatable bonds is 7. The number of amides is 1. The average molecular weight is 447 g/mol. The van der Waals surface area contributed by atoms with Crippen LogP contribution in [0.4, 0.5) is 10.8 Å². The van der Waals surface area contributed by atoms with Gasteiger partial charge in [0.25, 0.3) is 20.3 Å². The van der Waals surface area contributed by atoms with E-state index in [1.165, 1.54) is 6.07 Å². The summed E-state index contributed by atoms with van der Waals surface area (Å²) in [5.41, 5.74) is 1.44. The fraction of sp³-hybridized carbons (Fsp3) is 0.158. The summed E-state index contributed by atoms with van der Waals surface area (Å²) in [4.78, 5) is 24.1. The highest BCUT2D eigenvalue weighted by Gasteiger charge is 2.23. The van der Waals surface area contributed by atoms with Gasteiger partial charge in [-0.25, -0.2) is 4.79 Å². The van der Waals surface area contributed by atoms with Gasteiger partial charge in [-0.3, -0.25) is 14.8 Å². The van der Waals surface area contributed by atoms with Gasteiger partial charge in [0.15, 0.2) is 0 Å². The number of hydrogen-bond acceptors (Lipinski definition) is 8. The van der Waals surface area contributed by atoms with Gasteiger partial charge >= 0.3 is 5.97 Å². The van der Waals surface area contributed by atoms with Gasteiger partial charge in [0, 0.05) is 5.56 Å². The Morgan fingerprint density at radius 2 is 1.80 bits per heavy atom. The highest BCUT2D eigenvalue weighted by atomic mass is 32.2. The summed E-state index contributed by atoms with van der Waals surface area (Å²) >= 11 is 0.710. The summed E-state index contributed by atoms with van der Waals surface area (Å²) in [5, 5.41) is 9.94.